The molecule has 1 aromatic heterocycles. The molecule has 1 amide bonds. The number of aryl methyl sites for hydroxylation is 1. The van der Waals surface area contributed by atoms with Crippen molar-refractivity contribution in [2.24, 2.45) is 7.05 Å². The van der Waals surface area contributed by atoms with Crippen molar-refractivity contribution in [1.82, 2.24) is 14.9 Å². The Morgan fingerprint density at radius 1 is 1.37 bits per heavy atom. The molecule has 0 aliphatic carbocycles. The molecule has 0 saturated carbocycles. The van der Waals surface area contributed by atoms with Crippen LogP contribution in [0.3, 0.4) is 0 Å². The molecule has 2 heterocycles. The first-order chi connectivity index (χ1) is 9.24. The van der Waals surface area contributed by atoms with Gasteiger partial charge in [-0.2, -0.15) is 0 Å². The fourth-order valence-corrected chi connectivity index (χ4v) is 2.34. The van der Waals surface area contributed by atoms with Crippen LogP contribution in [0.2, 0.25) is 0 Å². The molecule has 1 aliphatic heterocycles. The molecule has 19 heavy (non-hydrogen) atoms. The first kappa shape index (κ1) is 11.7. The normalized spacial score (nSPS) is 20.8. The summed E-state index contributed by atoms with van der Waals surface area (Å²) in [6.07, 6.45) is 5.67. The maximum Gasteiger partial charge on any atom is 0.248 e. The molecule has 1 atom stereocenters. The van der Waals surface area contributed by atoms with Gasteiger partial charge in [0.15, 0.2) is 0 Å². The zero-order valence-electron chi connectivity index (χ0n) is 10.7. The van der Waals surface area contributed by atoms with Crippen molar-refractivity contribution >= 4 is 12.0 Å². The van der Waals surface area contributed by atoms with Crippen LogP contribution in [-0.4, -0.2) is 22.0 Å². The average molecular weight is 253 g/mol. The summed E-state index contributed by atoms with van der Waals surface area (Å²) >= 11 is 0. The lowest BCUT2D eigenvalue weighted by atomic mass is 9.97. The van der Waals surface area contributed by atoms with Crippen LogP contribution in [-0.2, 0) is 11.8 Å². The highest BCUT2D eigenvalue weighted by molar-refractivity contribution is 6.01. The topological polar surface area (TPSA) is 46.9 Å². The summed E-state index contributed by atoms with van der Waals surface area (Å²) in [5, 5.41) is 2.89. The molecule has 1 aromatic carbocycles. The van der Waals surface area contributed by atoms with Crippen molar-refractivity contribution < 1.29 is 4.79 Å². The molecule has 1 unspecified atom stereocenters. The van der Waals surface area contributed by atoms with Crippen LogP contribution in [0, 0.1) is 0 Å². The third kappa shape index (κ3) is 2.29. The second kappa shape index (κ2) is 4.72. The molecule has 0 spiro atoms. The maximum absolute atomic E-state index is 12.0. The number of hydrogen-bond acceptors (Lipinski definition) is 2. The van der Waals surface area contributed by atoms with Gasteiger partial charge in [0.25, 0.3) is 0 Å². The van der Waals surface area contributed by atoms with Gasteiger partial charge in [-0.1, -0.05) is 30.3 Å². The Bertz CT molecular complexity index is 628. The van der Waals surface area contributed by atoms with Gasteiger partial charge in [0.2, 0.25) is 5.91 Å². The average Bonchev–Trinajstić information content (AvgIpc) is 2.99. The van der Waals surface area contributed by atoms with Crippen LogP contribution in [0.15, 0.2) is 48.4 Å². The molecule has 1 aliphatic rings. The largest absolute Gasteiger partial charge is 0.351 e. The Balaban J connectivity index is 1.97. The Morgan fingerprint density at radius 3 is 2.84 bits per heavy atom. The standard InChI is InChI=1S/C15H15N3O/c1-18-9-14(17-10-18)13-8-16-15(19)12(13)7-11-5-3-2-4-6-11/h2-7,9-10,13H,8H2,1H3,(H,16,19). The number of rotatable bonds is 2. The Kier molecular flexibility index (Phi) is 2.91. The third-order valence-corrected chi connectivity index (χ3v) is 3.31. The van der Waals surface area contributed by atoms with Crippen LogP contribution in [0.5, 0.6) is 0 Å². The van der Waals surface area contributed by atoms with Gasteiger partial charge in [-0.3, -0.25) is 4.79 Å². The number of carbonyl (C=O) groups is 1. The molecule has 1 N–H and O–H groups in total. The van der Waals surface area contributed by atoms with Crippen LogP contribution < -0.4 is 5.32 Å². The maximum atomic E-state index is 12.0. The number of hydrogen-bond donors (Lipinski definition) is 1. The van der Waals surface area contributed by atoms with Crippen LogP contribution in [0.25, 0.3) is 6.08 Å². The summed E-state index contributed by atoms with van der Waals surface area (Å²) in [7, 11) is 1.93. The van der Waals surface area contributed by atoms with Crippen LogP contribution >= 0.6 is 0 Å². The van der Waals surface area contributed by atoms with E-state index in [1.807, 2.05) is 54.2 Å². The van der Waals surface area contributed by atoms with E-state index < -0.39 is 0 Å². The van der Waals surface area contributed by atoms with Crippen molar-refractivity contribution in [2.45, 2.75) is 5.92 Å². The van der Waals surface area contributed by atoms with E-state index in [9.17, 15) is 4.79 Å². The van der Waals surface area contributed by atoms with E-state index in [0.29, 0.717) is 6.54 Å². The molecule has 0 bridgehead atoms. The van der Waals surface area contributed by atoms with Gasteiger partial charge in [0.1, 0.15) is 0 Å². The van der Waals surface area contributed by atoms with E-state index in [0.717, 1.165) is 16.8 Å². The molecule has 1 saturated heterocycles. The van der Waals surface area contributed by atoms with E-state index in [2.05, 4.69) is 10.3 Å². The Hall–Kier alpha value is -2.36. The van der Waals surface area contributed by atoms with E-state index in [4.69, 9.17) is 0 Å². The summed E-state index contributed by atoms with van der Waals surface area (Å²) in [4.78, 5) is 16.3. The van der Waals surface area contributed by atoms with Crippen LogP contribution in [0.1, 0.15) is 17.2 Å². The van der Waals surface area contributed by atoms with E-state index in [1.165, 1.54) is 0 Å². The molecular formula is C15H15N3O. The van der Waals surface area contributed by atoms with E-state index >= 15 is 0 Å². The Morgan fingerprint density at radius 2 is 2.16 bits per heavy atom. The SMILES string of the molecule is Cn1cnc(C2CNC(=O)C2=Cc2ccccc2)c1. The highest BCUT2D eigenvalue weighted by Gasteiger charge is 2.30. The summed E-state index contributed by atoms with van der Waals surface area (Å²) < 4.78 is 1.90. The predicted molar refractivity (Wildman–Crippen MR) is 73.4 cm³/mol. The smallest absolute Gasteiger partial charge is 0.248 e. The number of imidazole rings is 1. The number of benzene rings is 1. The quantitative estimate of drug-likeness (QED) is 0.828. The summed E-state index contributed by atoms with van der Waals surface area (Å²) in [6, 6.07) is 9.89. The van der Waals surface area contributed by atoms with Gasteiger partial charge >= 0.3 is 0 Å². The fraction of sp³-hybridized carbons (Fsp3) is 0.200. The summed E-state index contributed by atoms with van der Waals surface area (Å²) in [5.41, 5.74) is 2.75. The summed E-state index contributed by atoms with van der Waals surface area (Å²) in [5.74, 6) is 0.0356. The second-order valence-corrected chi connectivity index (χ2v) is 4.74. The molecule has 1 fully saturated rings. The molecular weight excluding hydrogens is 238 g/mol. The molecule has 0 radical (unpaired) electrons. The fourth-order valence-electron chi connectivity index (χ4n) is 2.34. The molecule has 4 nitrogen and oxygen atoms in total. The lowest BCUT2D eigenvalue weighted by molar-refractivity contribution is -0.116. The molecule has 2 aromatic rings. The lowest BCUT2D eigenvalue weighted by Crippen LogP contribution is -2.14. The monoisotopic (exact) mass is 253 g/mol. The van der Waals surface area contributed by atoms with Gasteiger partial charge in [0.05, 0.1) is 17.9 Å². The minimum atomic E-state index is -0.000457. The minimum Gasteiger partial charge on any atom is -0.351 e. The van der Waals surface area contributed by atoms with Gasteiger partial charge < -0.3 is 9.88 Å². The number of carbonyl (C=O) groups excluding carboxylic acids is 1. The van der Waals surface area contributed by atoms with Crippen molar-refractivity contribution in [3.63, 3.8) is 0 Å². The molecule has 96 valence electrons. The van der Waals surface area contributed by atoms with Gasteiger partial charge in [-0.05, 0) is 11.6 Å². The van der Waals surface area contributed by atoms with E-state index in [-0.39, 0.29) is 11.8 Å². The number of nitrogens with zero attached hydrogens (tertiary/aromatic N) is 2. The second-order valence-electron chi connectivity index (χ2n) is 4.74. The number of amides is 1. The third-order valence-electron chi connectivity index (χ3n) is 3.31. The van der Waals surface area contributed by atoms with Crippen molar-refractivity contribution in [3.8, 4) is 0 Å². The van der Waals surface area contributed by atoms with Crippen molar-refractivity contribution in [2.75, 3.05) is 6.54 Å². The first-order valence-corrected chi connectivity index (χ1v) is 6.27. The number of nitrogens with one attached hydrogen (secondary N) is 1. The van der Waals surface area contributed by atoms with Gasteiger partial charge in [-0.15, -0.1) is 0 Å². The minimum absolute atomic E-state index is 0.000457. The van der Waals surface area contributed by atoms with Crippen molar-refractivity contribution in [3.05, 3.63) is 59.7 Å². The van der Waals surface area contributed by atoms with Gasteiger partial charge in [0, 0.05) is 25.4 Å². The zero-order chi connectivity index (χ0) is 13.2. The van der Waals surface area contributed by atoms with E-state index in [1.54, 1.807) is 6.33 Å². The van der Waals surface area contributed by atoms with Crippen molar-refractivity contribution in [1.29, 1.82) is 0 Å². The zero-order valence-corrected chi connectivity index (χ0v) is 10.7. The summed E-state index contributed by atoms with van der Waals surface area (Å²) in [6.45, 7) is 0.620. The number of aromatic nitrogens is 2. The highest BCUT2D eigenvalue weighted by atomic mass is 16.2. The highest BCUT2D eigenvalue weighted by Crippen LogP contribution is 2.28. The lowest BCUT2D eigenvalue weighted by Gasteiger charge is -2.06. The predicted octanol–water partition coefficient (Wildman–Crippen LogP) is 1.72. The molecule has 3 rings (SSSR count). The van der Waals surface area contributed by atoms with Crippen LogP contribution in [0.4, 0.5) is 0 Å². The molecule has 4 heteroatoms. The Labute approximate surface area is 111 Å². The van der Waals surface area contributed by atoms with Gasteiger partial charge in [-0.25, -0.2) is 4.98 Å². The first-order valence-electron chi connectivity index (χ1n) is 6.27.